The van der Waals surface area contributed by atoms with Gasteiger partial charge in [0.05, 0.1) is 4.90 Å². The highest BCUT2D eigenvalue weighted by atomic mass is 32.2. The van der Waals surface area contributed by atoms with Crippen molar-refractivity contribution in [2.75, 3.05) is 30.8 Å². The quantitative estimate of drug-likeness (QED) is 0.823. The molecule has 1 amide bonds. The average Bonchev–Trinajstić information content (AvgIpc) is 3.13. The zero-order valence-electron chi connectivity index (χ0n) is 16.2. The lowest BCUT2D eigenvalue weighted by Gasteiger charge is -2.30. The number of rotatable bonds is 4. The Morgan fingerprint density at radius 3 is 2.38 bits per heavy atom. The largest absolute Gasteiger partial charge is 0.490 e. The van der Waals surface area contributed by atoms with E-state index in [1.54, 1.807) is 12.1 Å². The molecule has 1 saturated heterocycles. The number of carbonyl (C=O) groups is 1. The summed E-state index contributed by atoms with van der Waals surface area (Å²) in [6.45, 7) is 1.78. The molecule has 8 heteroatoms. The summed E-state index contributed by atoms with van der Waals surface area (Å²) >= 11 is 0. The SMILES string of the molecule is CS(=O)(=O)c1ccc(N2CCc3c(OC4CCN(C(=O)O)CC4)cccc32)cc1. The summed E-state index contributed by atoms with van der Waals surface area (Å²) in [7, 11) is -3.21. The second kappa shape index (κ2) is 7.59. The second-order valence-corrected chi connectivity index (χ2v) is 9.52. The van der Waals surface area contributed by atoms with Crippen LogP contribution in [0.2, 0.25) is 0 Å². The van der Waals surface area contributed by atoms with Gasteiger partial charge in [-0.1, -0.05) is 6.07 Å². The van der Waals surface area contributed by atoms with Gasteiger partial charge in [-0.3, -0.25) is 0 Å². The fourth-order valence-electron chi connectivity index (χ4n) is 4.00. The highest BCUT2D eigenvalue weighted by molar-refractivity contribution is 7.90. The van der Waals surface area contributed by atoms with Crippen molar-refractivity contribution in [3.8, 4) is 5.75 Å². The molecule has 0 radical (unpaired) electrons. The molecule has 0 spiro atoms. The second-order valence-electron chi connectivity index (χ2n) is 7.51. The molecule has 0 unspecified atom stereocenters. The van der Waals surface area contributed by atoms with Gasteiger partial charge in [-0.15, -0.1) is 0 Å². The van der Waals surface area contributed by atoms with Gasteiger partial charge >= 0.3 is 6.09 Å². The van der Waals surface area contributed by atoms with E-state index in [4.69, 9.17) is 9.84 Å². The summed E-state index contributed by atoms with van der Waals surface area (Å²) in [4.78, 5) is 15.0. The van der Waals surface area contributed by atoms with E-state index in [2.05, 4.69) is 4.90 Å². The Morgan fingerprint density at radius 2 is 1.76 bits per heavy atom. The Hall–Kier alpha value is -2.74. The van der Waals surface area contributed by atoms with Gasteiger partial charge < -0.3 is 19.6 Å². The van der Waals surface area contributed by atoms with Crippen LogP contribution in [0, 0.1) is 0 Å². The number of hydrogen-bond acceptors (Lipinski definition) is 5. The Kier molecular flexibility index (Phi) is 5.12. The van der Waals surface area contributed by atoms with Crippen molar-refractivity contribution in [2.45, 2.75) is 30.3 Å². The lowest BCUT2D eigenvalue weighted by atomic mass is 10.1. The molecule has 7 nitrogen and oxygen atoms in total. The summed E-state index contributed by atoms with van der Waals surface area (Å²) in [6, 6.07) is 12.9. The first-order chi connectivity index (χ1) is 13.8. The number of carboxylic acid groups (broad SMARTS) is 1. The topological polar surface area (TPSA) is 87.2 Å². The predicted molar refractivity (Wildman–Crippen MR) is 110 cm³/mol. The van der Waals surface area contributed by atoms with E-state index in [9.17, 15) is 13.2 Å². The Morgan fingerprint density at radius 1 is 1.07 bits per heavy atom. The zero-order valence-corrected chi connectivity index (χ0v) is 17.1. The summed E-state index contributed by atoms with van der Waals surface area (Å²) in [6.07, 6.45) is 2.56. The maximum absolute atomic E-state index is 11.7. The first kappa shape index (κ1) is 19.6. The number of amides is 1. The number of fused-ring (bicyclic) bond motifs is 1. The summed E-state index contributed by atoms with van der Waals surface area (Å²) in [5.74, 6) is 0.853. The van der Waals surface area contributed by atoms with Crippen LogP contribution in [0.25, 0.3) is 0 Å². The molecule has 0 bridgehead atoms. The van der Waals surface area contributed by atoms with E-state index in [-0.39, 0.29) is 6.10 Å². The van der Waals surface area contributed by atoms with Crippen LogP contribution in [-0.2, 0) is 16.3 Å². The molecule has 2 aromatic carbocycles. The molecule has 0 aromatic heterocycles. The van der Waals surface area contributed by atoms with E-state index in [0.717, 1.165) is 35.7 Å². The van der Waals surface area contributed by atoms with E-state index in [1.807, 2.05) is 30.3 Å². The van der Waals surface area contributed by atoms with Crippen molar-refractivity contribution >= 4 is 27.3 Å². The number of ether oxygens (including phenoxy) is 1. The molecule has 2 aromatic rings. The Balaban J connectivity index is 1.51. The number of likely N-dealkylation sites (tertiary alicyclic amines) is 1. The molecule has 4 rings (SSSR count). The van der Waals surface area contributed by atoms with Crippen LogP contribution >= 0.6 is 0 Å². The molecular weight excluding hydrogens is 392 g/mol. The summed E-state index contributed by atoms with van der Waals surface area (Å²) in [5.41, 5.74) is 3.15. The standard InChI is InChI=1S/C21H24N2O5S/c1-29(26,27)17-7-5-15(6-8-17)23-14-11-18-19(23)3-2-4-20(18)28-16-9-12-22(13-10-16)21(24)25/h2-8,16H,9-14H2,1H3,(H,24,25). The van der Waals surface area contributed by atoms with Crippen LogP contribution < -0.4 is 9.64 Å². The van der Waals surface area contributed by atoms with Crippen LogP contribution in [0.1, 0.15) is 18.4 Å². The normalized spacial score (nSPS) is 17.3. The first-order valence-electron chi connectivity index (χ1n) is 9.67. The minimum Gasteiger partial charge on any atom is -0.490 e. The maximum atomic E-state index is 11.7. The van der Waals surface area contributed by atoms with Gasteiger partial charge in [-0.2, -0.15) is 0 Å². The molecule has 2 heterocycles. The number of benzene rings is 2. The lowest BCUT2D eigenvalue weighted by Crippen LogP contribution is -2.41. The number of sulfone groups is 1. The van der Waals surface area contributed by atoms with Crippen LogP contribution in [0.15, 0.2) is 47.4 Å². The number of piperidine rings is 1. The minimum absolute atomic E-state index is 0.0141. The molecule has 2 aliphatic heterocycles. The Bertz CT molecular complexity index is 1010. The van der Waals surface area contributed by atoms with Crippen molar-refractivity contribution in [3.05, 3.63) is 48.0 Å². The van der Waals surface area contributed by atoms with Crippen molar-refractivity contribution in [2.24, 2.45) is 0 Å². The third-order valence-electron chi connectivity index (χ3n) is 5.57. The number of nitrogens with zero attached hydrogens (tertiary/aromatic N) is 2. The Labute approximate surface area is 170 Å². The van der Waals surface area contributed by atoms with Gasteiger partial charge in [-0.05, 0) is 42.8 Å². The monoisotopic (exact) mass is 416 g/mol. The van der Waals surface area contributed by atoms with Gasteiger partial charge in [0, 0.05) is 55.7 Å². The van der Waals surface area contributed by atoms with Gasteiger partial charge in [0.1, 0.15) is 11.9 Å². The molecule has 2 aliphatic rings. The van der Waals surface area contributed by atoms with E-state index in [0.29, 0.717) is 30.8 Å². The van der Waals surface area contributed by atoms with Crippen LogP contribution in [0.4, 0.5) is 16.2 Å². The fraction of sp³-hybridized carbons (Fsp3) is 0.381. The first-order valence-corrected chi connectivity index (χ1v) is 11.6. The van der Waals surface area contributed by atoms with Crippen molar-refractivity contribution in [1.29, 1.82) is 0 Å². The average molecular weight is 416 g/mol. The third-order valence-corrected chi connectivity index (χ3v) is 6.70. The summed E-state index contributed by atoms with van der Waals surface area (Å²) < 4.78 is 29.6. The van der Waals surface area contributed by atoms with Gasteiger partial charge in [0.2, 0.25) is 0 Å². The van der Waals surface area contributed by atoms with Gasteiger partial charge in [-0.25, -0.2) is 13.2 Å². The van der Waals surface area contributed by atoms with E-state index >= 15 is 0 Å². The van der Waals surface area contributed by atoms with Crippen LogP contribution in [-0.4, -0.2) is 56.5 Å². The molecule has 1 fully saturated rings. The molecule has 29 heavy (non-hydrogen) atoms. The van der Waals surface area contributed by atoms with E-state index < -0.39 is 15.9 Å². The maximum Gasteiger partial charge on any atom is 0.407 e. The van der Waals surface area contributed by atoms with E-state index in [1.165, 1.54) is 11.2 Å². The molecule has 0 atom stereocenters. The highest BCUT2D eigenvalue weighted by Crippen LogP contribution is 2.40. The van der Waals surface area contributed by atoms with Crippen molar-refractivity contribution in [1.82, 2.24) is 4.90 Å². The highest BCUT2D eigenvalue weighted by Gasteiger charge is 2.27. The summed E-state index contributed by atoms with van der Waals surface area (Å²) in [5, 5.41) is 9.09. The van der Waals surface area contributed by atoms with Crippen LogP contribution in [0.5, 0.6) is 5.75 Å². The molecule has 0 aliphatic carbocycles. The van der Waals surface area contributed by atoms with Gasteiger partial charge in [0.15, 0.2) is 9.84 Å². The minimum atomic E-state index is -3.21. The molecule has 154 valence electrons. The number of anilines is 2. The smallest absolute Gasteiger partial charge is 0.407 e. The lowest BCUT2D eigenvalue weighted by molar-refractivity contribution is 0.0891. The molecule has 1 N–H and O–H groups in total. The third kappa shape index (κ3) is 4.03. The molecule has 0 saturated carbocycles. The van der Waals surface area contributed by atoms with Gasteiger partial charge in [0.25, 0.3) is 0 Å². The zero-order chi connectivity index (χ0) is 20.6. The van der Waals surface area contributed by atoms with Crippen molar-refractivity contribution in [3.63, 3.8) is 0 Å². The van der Waals surface area contributed by atoms with Crippen molar-refractivity contribution < 1.29 is 23.1 Å². The molecular formula is C21H24N2O5S. The predicted octanol–water partition coefficient (Wildman–Crippen LogP) is 3.31. The number of hydrogen-bond donors (Lipinski definition) is 1. The fourth-order valence-corrected chi connectivity index (χ4v) is 4.63. The van der Waals surface area contributed by atoms with Crippen LogP contribution in [0.3, 0.4) is 0 Å².